The second-order valence-electron chi connectivity index (χ2n) is 6.12. The van der Waals surface area contributed by atoms with Crippen molar-refractivity contribution in [2.75, 3.05) is 6.26 Å². The Morgan fingerprint density at radius 2 is 1.32 bits per heavy atom. The van der Waals surface area contributed by atoms with Gasteiger partial charge in [0.1, 0.15) is 5.82 Å². The molecule has 0 amide bonds. The van der Waals surface area contributed by atoms with Gasteiger partial charge in [0.05, 0.1) is 4.90 Å². The van der Waals surface area contributed by atoms with E-state index in [2.05, 4.69) is 0 Å². The molecule has 0 aliphatic carbocycles. The maximum absolute atomic E-state index is 13.3. The highest BCUT2D eigenvalue weighted by Crippen LogP contribution is 2.21. The smallest absolute Gasteiger partial charge is 0.175 e. The third kappa shape index (κ3) is 4.54. The zero-order chi connectivity index (χ0) is 17.9. The van der Waals surface area contributed by atoms with Gasteiger partial charge in [-0.3, -0.25) is 0 Å². The second-order valence-corrected chi connectivity index (χ2v) is 8.14. The zero-order valence-corrected chi connectivity index (χ0v) is 14.8. The predicted octanol–water partition coefficient (Wildman–Crippen LogP) is 4.68. The molecule has 3 aromatic carbocycles. The molecule has 0 aliphatic rings. The molecule has 128 valence electrons. The van der Waals surface area contributed by atoms with Gasteiger partial charge in [-0.05, 0) is 59.4 Å². The second kappa shape index (κ2) is 7.19. The van der Waals surface area contributed by atoms with Gasteiger partial charge < -0.3 is 0 Å². The summed E-state index contributed by atoms with van der Waals surface area (Å²) in [5, 5.41) is 0. The number of rotatable bonds is 5. The van der Waals surface area contributed by atoms with Crippen LogP contribution in [0.2, 0.25) is 0 Å². The van der Waals surface area contributed by atoms with Crippen molar-refractivity contribution in [2.45, 2.75) is 17.7 Å². The Hall–Kier alpha value is -2.46. The highest BCUT2D eigenvalue weighted by molar-refractivity contribution is 7.90. The van der Waals surface area contributed by atoms with Gasteiger partial charge in [-0.2, -0.15) is 0 Å². The van der Waals surface area contributed by atoms with E-state index in [9.17, 15) is 12.8 Å². The monoisotopic (exact) mass is 354 g/mol. The lowest BCUT2D eigenvalue weighted by molar-refractivity contribution is 0.602. The van der Waals surface area contributed by atoms with Crippen LogP contribution >= 0.6 is 0 Å². The maximum atomic E-state index is 13.3. The van der Waals surface area contributed by atoms with Crippen molar-refractivity contribution in [1.29, 1.82) is 0 Å². The lowest BCUT2D eigenvalue weighted by Gasteiger charge is -2.06. The normalized spacial score (nSPS) is 11.4. The molecule has 0 bridgehead atoms. The molecular weight excluding hydrogens is 335 g/mol. The van der Waals surface area contributed by atoms with Crippen LogP contribution in [-0.4, -0.2) is 14.7 Å². The summed E-state index contributed by atoms with van der Waals surface area (Å²) < 4.78 is 36.2. The van der Waals surface area contributed by atoms with Crippen molar-refractivity contribution in [3.63, 3.8) is 0 Å². The summed E-state index contributed by atoms with van der Waals surface area (Å²) in [5.74, 6) is -0.237. The van der Waals surface area contributed by atoms with E-state index in [0.717, 1.165) is 29.5 Å². The number of aryl methyl sites for hydroxylation is 2. The molecule has 0 saturated heterocycles. The van der Waals surface area contributed by atoms with Crippen LogP contribution in [0.5, 0.6) is 0 Å². The quantitative estimate of drug-likeness (QED) is 0.667. The van der Waals surface area contributed by atoms with Gasteiger partial charge in [0.15, 0.2) is 9.84 Å². The minimum Gasteiger partial charge on any atom is -0.224 e. The van der Waals surface area contributed by atoms with Crippen LogP contribution in [0, 0.1) is 5.82 Å². The molecule has 4 heteroatoms. The van der Waals surface area contributed by atoms with Gasteiger partial charge in [0, 0.05) is 6.26 Å². The average Bonchev–Trinajstić information content (AvgIpc) is 2.60. The molecule has 0 aromatic heterocycles. The fourth-order valence-corrected chi connectivity index (χ4v) is 3.35. The van der Waals surface area contributed by atoms with Gasteiger partial charge in [0.25, 0.3) is 0 Å². The summed E-state index contributed by atoms with van der Waals surface area (Å²) in [6, 6.07) is 21.7. The first-order valence-corrected chi connectivity index (χ1v) is 9.95. The third-order valence-corrected chi connectivity index (χ3v) is 5.29. The Labute approximate surface area is 147 Å². The summed E-state index contributed by atoms with van der Waals surface area (Å²) in [7, 11) is -3.15. The molecular formula is C21H19FO2S. The topological polar surface area (TPSA) is 34.1 Å². The first-order valence-electron chi connectivity index (χ1n) is 8.06. The fourth-order valence-electron chi connectivity index (χ4n) is 2.72. The van der Waals surface area contributed by atoms with Crippen molar-refractivity contribution < 1.29 is 12.8 Å². The van der Waals surface area contributed by atoms with Crippen LogP contribution in [0.25, 0.3) is 11.1 Å². The molecule has 3 rings (SSSR count). The summed E-state index contributed by atoms with van der Waals surface area (Å²) in [6.07, 6.45) is 2.91. The van der Waals surface area contributed by atoms with Gasteiger partial charge >= 0.3 is 0 Å². The average molecular weight is 354 g/mol. The number of benzene rings is 3. The van der Waals surface area contributed by atoms with E-state index in [-0.39, 0.29) is 5.82 Å². The Bertz CT molecular complexity index is 960. The molecule has 2 nitrogen and oxygen atoms in total. The first-order chi connectivity index (χ1) is 11.9. The SMILES string of the molecule is CS(=O)(=O)c1ccc(CCc2ccc(-c3cccc(F)c3)cc2)cc1. The van der Waals surface area contributed by atoms with Crippen LogP contribution in [0.1, 0.15) is 11.1 Å². The number of sulfone groups is 1. The summed E-state index contributed by atoms with van der Waals surface area (Å²) in [6.45, 7) is 0. The van der Waals surface area contributed by atoms with Crippen molar-refractivity contribution in [3.8, 4) is 11.1 Å². The molecule has 3 aromatic rings. The van der Waals surface area contributed by atoms with Crippen molar-refractivity contribution >= 4 is 9.84 Å². The van der Waals surface area contributed by atoms with E-state index < -0.39 is 9.84 Å². The lowest BCUT2D eigenvalue weighted by Crippen LogP contribution is -1.97. The molecule has 25 heavy (non-hydrogen) atoms. The Morgan fingerprint density at radius 3 is 1.84 bits per heavy atom. The molecule has 0 fully saturated rings. The minimum absolute atomic E-state index is 0.237. The van der Waals surface area contributed by atoms with Crippen LogP contribution < -0.4 is 0 Å². The van der Waals surface area contributed by atoms with Crippen molar-refractivity contribution in [3.05, 3.63) is 89.7 Å². The molecule has 0 radical (unpaired) electrons. The molecule has 0 saturated carbocycles. The van der Waals surface area contributed by atoms with E-state index in [4.69, 9.17) is 0 Å². The van der Waals surface area contributed by atoms with Crippen molar-refractivity contribution in [1.82, 2.24) is 0 Å². The Morgan fingerprint density at radius 1 is 0.760 bits per heavy atom. The van der Waals surface area contributed by atoms with Gasteiger partial charge in [-0.1, -0.05) is 48.5 Å². The first kappa shape index (κ1) is 17.4. The van der Waals surface area contributed by atoms with Gasteiger partial charge in [-0.25, -0.2) is 12.8 Å². The number of halogens is 1. The molecule has 0 heterocycles. The summed E-state index contributed by atoms with van der Waals surface area (Å²) in [4.78, 5) is 0.343. The van der Waals surface area contributed by atoms with Crippen LogP contribution in [0.4, 0.5) is 4.39 Å². The van der Waals surface area contributed by atoms with Crippen LogP contribution in [0.15, 0.2) is 77.7 Å². The highest BCUT2D eigenvalue weighted by Gasteiger charge is 2.06. The van der Waals surface area contributed by atoms with E-state index in [1.165, 1.54) is 24.0 Å². The van der Waals surface area contributed by atoms with E-state index in [0.29, 0.717) is 4.90 Å². The highest BCUT2D eigenvalue weighted by atomic mass is 32.2. The number of hydrogen-bond donors (Lipinski definition) is 0. The summed E-state index contributed by atoms with van der Waals surface area (Å²) >= 11 is 0. The molecule has 0 spiro atoms. The van der Waals surface area contributed by atoms with Gasteiger partial charge in [-0.15, -0.1) is 0 Å². The molecule has 0 aliphatic heterocycles. The van der Waals surface area contributed by atoms with Crippen LogP contribution in [-0.2, 0) is 22.7 Å². The van der Waals surface area contributed by atoms with E-state index in [1.807, 2.05) is 42.5 Å². The Kier molecular flexibility index (Phi) is 5.00. The predicted molar refractivity (Wildman–Crippen MR) is 98.8 cm³/mol. The molecule has 0 unspecified atom stereocenters. The van der Waals surface area contributed by atoms with Gasteiger partial charge in [0.2, 0.25) is 0 Å². The zero-order valence-electron chi connectivity index (χ0n) is 13.9. The Balaban J connectivity index is 1.66. The van der Waals surface area contributed by atoms with E-state index in [1.54, 1.807) is 18.2 Å². The molecule has 0 atom stereocenters. The third-order valence-electron chi connectivity index (χ3n) is 4.17. The summed E-state index contributed by atoms with van der Waals surface area (Å²) in [5.41, 5.74) is 4.14. The maximum Gasteiger partial charge on any atom is 0.175 e. The number of hydrogen-bond acceptors (Lipinski definition) is 2. The molecule has 0 N–H and O–H groups in total. The lowest BCUT2D eigenvalue weighted by atomic mass is 10.0. The minimum atomic E-state index is -3.15. The largest absolute Gasteiger partial charge is 0.224 e. The fraction of sp³-hybridized carbons (Fsp3) is 0.143. The van der Waals surface area contributed by atoms with Crippen LogP contribution in [0.3, 0.4) is 0 Å². The van der Waals surface area contributed by atoms with Crippen molar-refractivity contribution in [2.24, 2.45) is 0 Å². The van der Waals surface area contributed by atoms with E-state index >= 15 is 0 Å². The standard InChI is InChI=1S/C21H19FO2S/c1-25(23,24)21-13-9-17(10-14-21)6-5-16-7-11-18(12-8-16)19-3-2-4-20(22)15-19/h2-4,7-15H,5-6H2,1H3.